The summed E-state index contributed by atoms with van der Waals surface area (Å²) in [7, 11) is 0. The summed E-state index contributed by atoms with van der Waals surface area (Å²) in [5.74, 6) is -1.74. The zero-order chi connectivity index (χ0) is 13.3. The molecule has 2 heterocycles. The molecule has 96 valence electrons. The van der Waals surface area contributed by atoms with E-state index in [0.29, 0.717) is 12.2 Å². The Hall–Kier alpha value is -2.11. The molecule has 2 rings (SSSR count). The number of aromatic nitrogens is 1. The van der Waals surface area contributed by atoms with Crippen molar-refractivity contribution in [2.24, 2.45) is 11.8 Å². The lowest BCUT2D eigenvalue weighted by atomic mass is 9.99. The first-order valence-electron chi connectivity index (χ1n) is 5.73. The molecular weight excluding hydrogens is 234 g/mol. The Morgan fingerprint density at radius 3 is 2.78 bits per heavy atom. The van der Waals surface area contributed by atoms with Gasteiger partial charge in [0.25, 0.3) is 5.91 Å². The number of carboxylic acids is 1. The number of amides is 1. The molecule has 0 aliphatic carbocycles. The monoisotopic (exact) mass is 249 g/mol. The summed E-state index contributed by atoms with van der Waals surface area (Å²) < 4.78 is 0. The number of carbonyl (C=O) groups excluding carboxylic acids is 1. The van der Waals surface area contributed by atoms with Crippen LogP contribution in [0.3, 0.4) is 0 Å². The van der Waals surface area contributed by atoms with Gasteiger partial charge in [0.15, 0.2) is 5.69 Å². The number of rotatable bonds is 2. The summed E-state index contributed by atoms with van der Waals surface area (Å²) in [5.41, 5.74) is 6.20. The SMILES string of the molecule is CC1CN(C(=O)c2ncccc2N)CC1C(=O)O. The summed E-state index contributed by atoms with van der Waals surface area (Å²) >= 11 is 0. The van der Waals surface area contributed by atoms with E-state index in [1.165, 1.54) is 11.1 Å². The third-order valence-corrected chi connectivity index (χ3v) is 3.26. The van der Waals surface area contributed by atoms with Crippen molar-refractivity contribution < 1.29 is 14.7 Å². The average Bonchev–Trinajstić information content (AvgIpc) is 2.71. The van der Waals surface area contributed by atoms with E-state index in [9.17, 15) is 9.59 Å². The van der Waals surface area contributed by atoms with Crippen molar-refractivity contribution in [1.29, 1.82) is 0 Å². The van der Waals surface area contributed by atoms with Crippen molar-refractivity contribution in [3.8, 4) is 0 Å². The van der Waals surface area contributed by atoms with Crippen LogP contribution in [0.15, 0.2) is 18.3 Å². The van der Waals surface area contributed by atoms with Crippen LogP contribution in [0.4, 0.5) is 5.69 Å². The first kappa shape index (κ1) is 12.3. The Balaban J connectivity index is 2.17. The van der Waals surface area contributed by atoms with Gasteiger partial charge in [-0.3, -0.25) is 9.59 Å². The van der Waals surface area contributed by atoms with E-state index in [2.05, 4.69) is 4.98 Å². The molecule has 6 heteroatoms. The smallest absolute Gasteiger partial charge is 0.308 e. The van der Waals surface area contributed by atoms with Crippen LogP contribution in [-0.2, 0) is 4.79 Å². The van der Waals surface area contributed by atoms with Gasteiger partial charge in [0.1, 0.15) is 0 Å². The molecule has 6 nitrogen and oxygen atoms in total. The lowest BCUT2D eigenvalue weighted by Crippen LogP contribution is -2.31. The minimum absolute atomic E-state index is 0.0589. The van der Waals surface area contributed by atoms with E-state index in [0.717, 1.165) is 0 Å². The Kier molecular flexibility index (Phi) is 3.18. The number of carboxylic acid groups (broad SMARTS) is 1. The predicted octanol–water partition coefficient (Wildman–Crippen LogP) is 0.457. The summed E-state index contributed by atoms with van der Waals surface area (Å²) in [4.78, 5) is 28.6. The van der Waals surface area contributed by atoms with E-state index >= 15 is 0 Å². The normalized spacial score (nSPS) is 23.1. The summed E-state index contributed by atoms with van der Waals surface area (Å²) in [6, 6.07) is 3.26. The maximum atomic E-state index is 12.2. The van der Waals surface area contributed by atoms with Crippen LogP contribution >= 0.6 is 0 Å². The standard InChI is InChI=1S/C12H15N3O3/c1-7-5-15(6-8(7)12(17)18)11(16)10-9(13)3-2-4-14-10/h2-4,7-8H,5-6,13H2,1H3,(H,17,18). The Morgan fingerprint density at radius 1 is 1.50 bits per heavy atom. The van der Waals surface area contributed by atoms with Crippen LogP contribution in [0.25, 0.3) is 0 Å². The lowest BCUT2D eigenvalue weighted by Gasteiger charge is -2.16. The number of anilines is 1. The van der Waals surface area contributed by atoms with E-state index in [-0.39, 0.29) is 24.1 Å². The molecule has 0 spiro atoms. The molecule has 18 heavy (non-hydrogen) atoms. The lowest BCUT2D eigenvalue weighted by molar-refractivity contribution is -0.142. The van der Waals surface area contributed by atoms with Crippen molar-refractivity contribution in [3.05, 3.63) is 24.0 Å². The predicted molar refractivity (Wildman–Crippen MR) is 64.8 cm³/mol. The van der Waals surface area contributed by atoms with Crippen molar-refractivity contribution in [3.63, 3.8) is 0 Å². The molecule has 2 unspecified atom stereocenters. The molecule has 1 aromatic heterocycles. The second-order valence-electron chi connectivity index (χ2n) is 4.57. The highest BCUT2D eigenvalue weighted by Crippen LogP contribution is 2.25. The van der Waals surface area contributed by atoms with Gasteiger partial charge in [-0.2, -0.15) is 0 Å². The number of nitrogen functional groups attached to an aromatic ring is 1. The van der Waals surface area contributed by atoms with Gasteiger partial charge < -0.3 is 15.7 Å². The van der Waals surface area contributed by atoms with Crippen LogP contribution in [0.2, 0.25) is 0 Å². The van der Waals surface area contributed by atoms with Crippen LogP contribution in [-0.4, -0.2) is 40.0 Å². The minimum atomic E-state index is -0.869. The van der Waals surface area contributed by atoms with Gasteiger partial charge in [-0.25, -0.2) is 4.98 Å². The third kappa shape index (κ3) is 2.13. The van der Waals surface area contributed by atoms with Gasteiger partial charge in [-0.1, -0.05) is 6.92 Å². The topological polar surface area (TPSA) is 96.5 Å². The van der Waals surface area contributed by atoms with Crippen molar-refractivity contribution in [2.75, 3.05) is 18.8 Å². The molecule has 1 fully saturated rings. The Morgan fingerprint density at radius 2 is 2.22 bits per heavy atom. The molecule has 1 aliphatic rings. The highest BCUT2D eigenvalue weighted by atomic mass is 16.4. The van der Waals surface area contributed by atoms with E-state index in [4.69, 9.17) is 10.8 Å². The van der Waals surface area contributed by atoms with Gasteiger partial charge >= 0.3 is 5.97 Å². The van der Waals surface area contributed by atoms with Gasteiger partial charge in [-0.05, 0) is 18.1 Å². The highest BCUT2D eigenvalue weighted by Gasteiger charge is 2.37. The second-order valence-corrected chi connectivity index (χ2v) is 4.57. The number of nitrogens with zero attached hydrogens (tertiary/aromatic N) is 2. The maximum absolute atomic E-state index is 12.2. The molecule has 1 aromatic rings. The maximum Gasteiger partial charge on any atom is 0.308 e. The fraction of sp³-hybridized carbons (Fsp3) is 0.417. The minimum Gasteiger partial charge on any atom is -0.481 e. The number of carbonyl (C=O) groups is 2. The largest absolute Gasteiger partial charge is 0.481 e. The second kappa shape index (κ2) is 4.64. The average molecular weight is 249 g/mol. The van der Waals surface area contributed by atoms with Crippen molar-refractivity contribution in [2.45, 2.75) is 6.92 Å². The molecule has 1 aliphatic heterocycles. The highest BCUT2D eigenvalue weighted by molar-refractivity contribution is 5.97. The number of aliphatic carboxylic acids is 1. The van der Waals surface area contributed by atoms with Gasteiger partial charge in [0, 0.05) is 19.3 Å². The molecule has 0 radical (unpaired) electrons. The zero-order valence-electron chi connectivity index (χ0n) is 10.0. The molecule has 3 N–H and O–H groups in total. The summed E-state index contributed by atoms with van der Waals surface area (Å²) in [5, 5.41) is 9.03. The van der Waals surface area contributed by atoms with Gasteiger partial charge in [0.05, 0.1) is 11.6 Å². The number of likely N-dealkylation sites (tertiary alicyclic amines) is 1. The number of hydrogen-bond donors (Lipinski definition) is 2. The molecule has 1 saturated heterocycles. The molecule has 0 aromatic carbocycles. The molecule has 2 atom stereocenters. The third-order valence-electron chi connectivity index (χ3n) is 3.26. The zero-order valence-corrected chi connectivity index (χ0v) is 10.0. The number of hydrogen-bond acceptors (Lipinski definition) is 4. The number of pyridine rings is 1. The van der Waals surface area contributed by atoms with Crippen molar-refractivity contribution >= 4 is 17.6 Å². The van der Waals surface area contributed by atoms with Crippen LogP contribution in [0, 0.1) is 11.8 Å². The molecule has 1 amide bonds. The quantitative estimate of drug-likeness (QED) is 0.793. The molecule has 0 bridgehead atoms. The fourth-order valence-corrected chi connectivity index (χ4v) is 2.20. The first-order chi connectivity index (χ1) is 8.50. The Bertz CT molecular complexity index is 489. The van der Waals surface area contributed by atoms with Crippen molar-refractivity contribution in [1.82, 2.24) is 9.88 Å². The number of nitrogens with two attached hydrogens (primary N) is 1. The molecular formula is C12H15N3O3. The van der Waals surface area contributed by atoms with Crippen LogP contribution in [0.1, 0.15) is 17.4 Å². The summed E-state index contributed by atoms with van der Waals surface area (Å²) in [6.07, 6.45) is 1.50. The van der Waals surface area contributed by atoms with Gasteiger partial charge in [0.2, 0.25) is 0 Å². The van der Waals surface area contributed by atoms with Crippen LogP contribution in [0.5, 0.6) is 0 Å². The summed E-state index contributed by atoms with van der Waals surface area (Å²) in [6.45, 7) is 2.46. The van der Waals surface area contributed by atoms with Gasteiger partial charge in [-0.15, -0.1) is 0 Å². The first-order valence-corrected chi connectivity index (χ1v) is 5.73. The van der Waals surface area contributed by atoms with E-state index in [1.54, 1.807) is 12.1 Å². The van der Waals surface area contributed by atoms with E-state index < -0.39 is 11.9 Å². The van der Waals surface area contributed by atoms with E-state index in [1.807, 2.05) is 6.92 Å². The fourth-order valence-electron chi connectivity index (χ4n) is 2.20. The van der Waals surface area contributed by atoms with Crippen LogP contribution < -0.4 is 5.73 Å². The Labute approximate surface area is 104 Å². The molecule has 0 saturated carbocycles.